The molecule has 21 heavy (non-hydrogen) atoms. The van der Waals surface area contributed by atoms with Crippen LogP contribution in [0.5, 0.6) is 0 Å². The van der Waals surface area contributed by atoms with Crippen molar-refractivity contribution in [3.8, 4) is 0 Å². The highest BCUT2D eigenvalue weighted by molar-refractivity contribution is 5.56. The van der Waals surface area contributed by atoms with Crippen LogP contribution in [0.4, 0.5) is 5.69 Å². The molecule has 0 aliphatic heterocycles. The molecule has 0 unspecified atom stereocenters. The molecule has 0 aliphatic rings. The summed E-state index contributed by atoms with van der Waals surface area (Å²) in [5, 5.41) is 0. The maximum atomic E-state index is 10.5. The maximum absolute atomic E-state index is 10.5. The van der Waals surface area contributed by atoms with Crippen LogP contribution in [-0.2, 0) is 22.6 Å². The molecule has 0 radical (unpaired) electrons. The molecule has 4 nitrogen and oxygen atoms in total. The molecular weight excluding hydrogens is 264 g/mol. The van der Waals surface area contributed by atoms with Crippen LogP contribution in [0.2, 0.25) is 0 Å². The molecule has 0 heterocycles. The van der Waals surface area contributed by atoms with Gasteiger partial charge in [0.2, 0.25) is 12.2 Å². The first-order chi connectivity index (χ1) is 10.3. The summed E-state index contributed by atoms with van der Waals surface area (Å²) in [6.45, 7) is 2.49. The van der Waals surface area contributed by atoms with Crippen LogP contribution in [0.1, 0.15) is 56.6 Å². The first-order valence-corrected chi connectivity index (χ1v) is 7.55. The Morgan fingerprint density at radius 1 is 1.00 bits per heavy atom. The lowest BCUT2D eigenvalue weighted by atomic mass is 9.98. The first kappa shape index (κ1) is 17.0. The van der Waals surface area contributed by atoms with E-state index in [1.807, 2.05) is 12.1 Å². The number of nitrogens with zero attached hydrogens (tertiary/aromatic N) is 2. The molecule has 4 heteroatoms. The highest BCUT2D eigenvalue weighted by Gasteiger charge is 2.07. The van der Waals surface area contributed by atoms with Crippen molar-refractivity contribution in [1.82, 2.24) is 0 Å². The van der Waals surface area contributed by atoms with E-state index in [4.69, 9.17) is 0 Å². The van der Waals surface area contributed by atoms with Gasteiger partial charge in [0.15, 0.2) is 0 Å². The zero-order valence-corrected chi connectivity index (χ0v) is 12.6. The van der Waals surface area contributed by atoms with E-state index in [1.165, 1.54) is 25.7 Å². The molecule has 0 aromatic heterocycles. The second kappa shape index (κ2) is 10.7. The largest absolute Gasteiger partial charge is 0.240 e. The Labute approximate surface area is 126 Å². The van der Waals surface area contributed by atoms with E-state index in [2.05, 4.69) is 16.9 Å². The molecule has 1 rings (SSSR count). The van der Waals surface area contributed by atoms with Crippen molar-refractivity contribution >= 4 is 17.8 Å². The van der Waals surface area contributed by atoms with E-state index < -0.39 is 0 Å². The van der Waals surface area contributed by atoms with Gasteiger partial charge in [-0.15, -0.1) is 0 Å². The Bertz CT molecular complexity index is 528. The van der Waals surface area contributed by atoms with E-state index in [0.29, 0.717) is 5.69 Å². The highest BCUT2D eigenvalue weighted by atomic mass is 16.1. The van der Waals surface area contributed by atoms with Gasteiger partial charge in [0, 0.05) is 0 Å². The number of aliphatic imine (C=N–C) groups is 2. The van der Waals surface area contributed by atoms with Crippen LogP contribution in [0.15, 0.2) is 28.2 Å². The summed E-state index contributed by atoms with van der Waals surface area (Å²) < 4.78 is 0. The molecule has 0 spiro atoms. The third-order valence-electron chi connectivity index (χ3n) is 3.51. The third kappa shape index (κ3) is 6.31. The Morgan fingerprint density at radius 3 is 2.48 bits per heavy atom. The Balaban J connectivity index is 2.71. The smallest absolute Gasteiger partial charge is 0.211 e. The Morgan fingerprint density at radius 2 is 1.76 bits per heavy atom. The van der Waals surface area contributed by atoms with E-state index in [1.54, 1.807) is 18.2 Å². The zero-order chi connectivity index (χ0) is 15.3. The topological polar surface area (TPSA) is 58.9 Å². The van der Waals surface area contributed by atoms with Crippen molar-refractivity contribution in [3.05, 3.63) is 29.3 Å². The second-order valence-corrected chi connectivity index (χ2v) is 5.04. The zero-order valence-electron chi connectivity index (χ0n) is 12.6. The molecule has 1 aromatic carbocycles. The number of benzene rings is 1. The van der Waals surface area contributed by atoms with Gasteiger partial charge in [-0.3, -0.25) is 0 Å². The lowest BCUT2D eigenvalue weighted by Crippen LogP contribution is -1.95. The number of unbranched alkanes of at least 4 members (excludes halogenated alkanes) is 5. The molecule has 112 valence electrons. The summed E-state index contributed by atoms with van der Waals surface area (Å²) in [5.74, 6) is 0. The number of hydrogen-bond donors (Lipinski definition) is 0. The second-order valence-electron chi connectivity index (χ2n) is 5.04. The summed E-state index contributed by atoms with van der Waals surface area (Å²) in [6, 6.07) is 5.53. The van der Waals surface area contributed by atoms with E-state index in [9.17, 15) is 9.59 Å². The molecule has 0 saturated heterocycles. The normalized spacial score (nSPS) is 9.76. The van der Waals surface area contributed by atoms with Crippen LogP contribution >= 0.6 is 0 Å². The summed E-state index contributed by atoms with van der Waals surface area (Å²) >= 11 is 0. The molecule has 1 aromatic rings. The van der Waals surface area contributed by atoms with Gasteiger partial charge in [0.1, 0.15) is 0 Å². The number of hydrogen-bond acceptors (Lipinski definition) is 4. The van der Waals surface area contributed by atoms with Crippen LogP contribution in [0.3, 0.4) is 0 Å². The number of rotatable bonds is 10. The van der Waals surface area contributed by atoms with Gasteiger partial charge < -0.3 is 0 Å². The summed E-state index contributed by atoms with van der Waals surface area (Å²) in [4.78, 5) is 28.2. The molecular formula is C17H22N2O2. The van der Waals surface area contributed by atoms with Crippen molar-refractivity contribution < 1.29 is 9.59 Å². The lowest BCUT2D eigenvalue weighted by Gasteiger charge is -2.10. The molecule has 0 N–H and O–H groups in total. The Kier molecular flexibility index (Phi) is 8.70. The minimum Gasteiger partial charge on any atom is -0.211 e. The minimum atomic E-state index is 0.289. The van der Waals surface area contributed by atoms with E-state index in [-0.39, 0.29) is 6.54 Å². The van der Waals surface area contributed by atoms with Crippen molar-refractivity contribution in [2.24, 2.45) is 9.98 Å². The maximum Gasteiger partial charge on any atom is 0.240 e. The van der Waals surface area contributed by atoms with Gasteiger partial charge >= 0.3 is 0 Å². The molecule has 0 amide bonds. The minimum absolute atomic E-state index is 0.289. The fourth-order valence-corrected chi connectivity index (χ4v) is 2.41. The van der Waals surface area contributed by atoms with Gasteiger partial charge in [-0.2, -0.15) is 4.99 Å². The Hall–Kier alpha value is -2.02. The van der Waals surface area contributed by atoms with Crippen molar-refractivity contribution in [2.45, 2.75) is 58.4 Å². The standard InChI is InChI=1S/C17H22N2O2/c1-2-3-4-5-6-7-10-16-15(12-18-13-20)9-8-11-17(16)19-14-21/h8-9,11H,2-7,10,12H2,1H3. The fraction of sp³-hybridized carbons (Fsp3) is 0.529. The fourth-order valence-electron chi connectivity index (χ4n) is 2.41. The summed E-state index contributed by atoms with van der Waals surface area (Å²) in [6.07, 6.45) is 11.2. The highest BCUT2D eigenvalue weighted by Crippen LogP contribution is 2.25. The monoisotopic (exact) mass is 286 g/mol. The van der Waals surface area contributed by atoms with Gasteiger partial charge in [-0.05, 0) is 30.0 Å². The van der Waals surface area contributed by atoms with Crippen molar-refractivity contribution in [1.29, 1.82) is 0 Å². The van der Waals surface area contributed by atoms with Crippen LogP contribution in [-0.4, -0.2) is 12.2 Å². The van der Waals surface area contributed by atoms with Gasteiger partial charge in [-0.1, -0.05) is 51.2 Å². The number of carbonyl (C=O) groups excluding carboxylic acids is 2. The van der Waals surface area contributed by atoms with Gasteiger partial charge in [0.05, 0.1) is 12.2 Å². The molecule has 0 bridgehead atoms. The van der Waals surface area contributed by atoms with Crippen LogP contribution in [0, 0.1) is 0 Å². The van der Waals surface area contributed by atoms with Gasteiger partial charge in [-0.25, -0.2) is 14.6 Å². The average molecular weight is 286 g/mol. The number of isocyanates is 2. The molecule has 0 saturated carbocycles. The average Bonchev–Trinajstić information content (AvgIpc) is 2.50. The predicted molar refractivity (Wildman–Crippen MR) is 83.1 cm³/mol. The summed E-state index contributed by atoms with van der Waals surface area (Å²) in [7, 11) is 0. The van der Waals surface area contributed by atoms with Crippen molar-refractivity contribution in [2.75, 3.05) is 0 Å². The molecule has 0 fully saturated rings. The van der Waals surface area contributed by atoms with Crippen LogP contribution in [0.25, 0.3) is 0 Å². The first-order valence-electron chi connectivity index (χ1n) is 7.55. The predicted octanol–water partition coefficient (Wildman–Crippen LogP) is 4.39. The van der Waals surface area contributed by atoms with Crippen molar-refractivity contribution in [3.63, 3.8) is 0 Å². The van der Waals surface area contributed by atoms with E-state index >= 15 is 0 Å². The molecule has 0 aliphatic carbocycles. The molecule has 0 atom stereocenters. The van der Waals surface area contributed by atoms with Crippen LogP contribution < -0.4 is 0 Å². The quantitative estimate of drug-likeness (QED) is 0.364. The van der Waals surface area contributed by atoms with Gasteiger partial charge in [0.25, 0.3) is 0 Å². The third-order valence-corrected chi connectivity index (χ3v) is 3.51. The summed E-state index contributed by atoms with van der Waals surface area (Å²) in [5.41, 5.74) is 2.57. The van der Waals surface area contributed by atoms with E-state index in [0.717, 1.165) is 30.4 Å². The lowest BCUT2D eigenvalue weighted by molar-refractivity contribution is 0.562. The SMILES string of the molecule is CCCCCCCCc1c(CN=C=O)cccc1N=C=O.